The highest BCUT2D eigenvalue weighted by Crippen LogP contribution is 2.37. The molecule has 0 saturated carbocycles. The lowest BCUT2D eigenvalue weighted by molar-refractivity contribution is 0.403. The van der Waals surface area contributed by atoms with E-state index in [2.05, 4.69) is 24.9 Å². The number of aryl methyl sites for hydroxylation is 1. The molecule has 13 heavy (non-hydrogen) atoms. The zero-order chi connectivity index (χ0) is 9.47. The quantitative estimate of drug-likeness (QED) is 0.709. The van der Waals surface area contributed by atoms with E-state index in [0.717, 1.165) is 12.8 Å². The molecule has 0 spiro atoms. The maximum atomic E-state index is 6.12. The molecule has 70 valence electrons. The summed E-state index contributed by atoms with van der Waals surface area (Å²) in [5, 5.41) is 0. The zero-order valence-electron chi connectivity index (χ0n) is 8.25. The Morgan fingerprint density at radius 3 is 3.00 bits per heavy atom. The summed E-state index contributed by atoms with van der Waals surface area (Å²) in [6.07, 6.45) is 4.15. The van der Waals surface area contributed by atoms with E-state index in [1.165, 1.54) is 11.3 Å². The predicted molar refractivity (Wildman–Crippen MR) is 53.6 cm³/mol. The van der Waals surface area contributed by atoms with Crippen LogP contribution in [-0.4, -0.2) is 10.5 Å². The molecule has 0 radical (unpaired) electrons. The Kier molecular flexibility index (Phi) is 1.88. The van der Waals surface area contributed by atoms with Crippen LogP contribution in [0.25, 0.3) is 0 Å². The van der Waals surface area contributed by atoms with Gasteiger partial charge in [-0.15, -0.1) is 0 Å². The Balaban J connectivity index is 2.39. The number of hydrogen-bond acceptors (Lipinski definition) is 2. The molecule has 1 aromatic rings. The summed E-state index contributed by atoms with van der Waals surface area (Å²) >= 11 is 0. The first kappa shape index (κ1) is 8.70. The van der Waals surface area contributed by atoms with E-state index >= 15 is 0 Å². The number of nitrogens with two attached hydrogens (primary N) is 1. The fourth-order valence-corrected chi connectivity index (χ4v) is 2.14. The van der Waals surface area contributed by atoms with Gasteiger partial charge in [0.15, 0.2) is 0 Å². The van der Waals surface area contributed by atoms with Gasteiger partial charge >= 0.3 is 0 Å². The minimum atomic E-state index is -0.139. The molecule has 0 saturated heterocycles. The first-order valence-corrected chi connectivity index (χ1v) is 4.81. The summed E-state index contributed by atoms with van der Waals surface area (Å²) in [7, 11) is 0. The SMILES string of the molecule is CC(C)(N)C1CCc2cccnc21. The molecule has 1 atom stereocenters. The summed E-state index contributed by atoms with van der Waals surface area (Å²) in [6, 6.07) is 4.17. The van der Waals surface area contributed by atoms with Gasteiger partial charge in [0.05, 0.1) is 0 Å². The fraction of sp³-hybridized carbons (Fsp3) is 0.545. The van der Waals surface area contributed by atoms with Crippen LogP contribution in [0, 0.1) is 0 Å². The molecule has 0 aromatic carbocycles. The van der Waals surface area contributed by atoms with E-state index < -0.39 is 0 Å². The lowest BCUT2D eigenvalue weighted by Crippen LogP contribution is -2.38. The molecule has 0 amide bonds. The molecule has 0 aliphatic heterocycles. The standard InChI is InChI=1S/C11H16N2/c1-11(2,12)9-6-5-8-4-3-7-13-10(8)9/h3-4,7,9H,5-6,12H2,1-2H3. The molecule has 2 N–H and O–H groups in total. The van der Waals surface area contributed by atoms with Crippen molar-refractivity contribution in [3.05, 3.63) is 29.6 Å². The van der Waals surface area contributed by atoms with Crippen molar-refractivity contribution in [1.82, 2.24) is 4.98 Å². The average molecular weight is 176 g/mol. The van der Waals surface area contributed by atoms with Crippen molar-refractivity contribution in [3.8, 4) is 0 Å². The number of hydrogen-bond donors (Lipinski definition) is 1. The van der Waals surface area contributed by atoms with E-state index in [0.29, 0.717) is 5.92 Å². The largest absolute Gasteiger partial charge is 0.325 e. The Labute approximate surface area is 79.2 Å². The number of aromatic nitrogens is 1. The Morgan fingerprint density at radius 2 is 2.31 bits per heavy atom. The Hall–Kier alpha value is -0.890. The maximum Gasteiger partial charge on any atom is 0.0484 e. The van der Waals surface area contributed by atoms with Gasteiger partial charge in [-0.05, 0) is 38.3 Å². The van der Waals surface area contributed by atoms with Crippen LogP contribution in [0.15, 0.2) is 18.3 Å². The van der Waals surface area contributed by atoms with Gasteiger partial charge in [0.2, 0.25) is 0 Å². The van der Waals surface area contributed by atoms with E-state index in [4.69, 9.17) is 5.73 Å². The Bertz CT molecular complexity index is 312. The van der Waals surface area contributed by atoms with E-state index in [-0.39, 0.29) is 5.54 Å². The highest BCUT2D eigenvalue weighted by molar-refractivity contribution is 5.31. The van der Waals surface area contributed by atoms with Crippen molar-refractivity contribution in [1.29, 1.82) is 0 Å². The molecular formula is C11H16N2. The molecule has 0 bridgehead atoms. The lowest BCUT2D eigenvalue weighted by Gasteiger charge is -2.26. The van der Waals surface area contributed by atoms with Gasteiger partial charge in [0.25, 0.3) is 0 Å². The number of rotatable bonds is 1. The second kappa shape index (κ2) is 2.81. The van der Waals surface area contributed by atoms with Crippen LogP contribution >= 0.6 is 0 Å². The van der Waals surface area contributed by atoms with Crippen molar-refractivity contribution < 1.29 is 0 Å². The molecule has 1 heterocycles. The molecule has 1 aliphatic carbocycles. The second-order valence-corrected chi connectivity index (χ2v) is 4.46. The van der Waals surface area contributed by atoms with Gasteiger partial charge in [-0.3, -0.25) is 4.98 Å². The molecule has 2 rings (SSSR count). The molecule has 2 nitrogen and oxygen atoms in total. The van der Waals surface area contributed by atoms with Gasteiger partial charge in [-0.1, -0.05) is 6.07 Å². The maximum absolute atomic E-state index is 6.12. The van der Waals surface area contributed by atoms with Crippen LogP contribution in [-0.2, 0) is 6.42 Å². The minimum Gasteiger partial charge on any atom is -0.325 e. The van der Waals surface area contributed by atoms with Crippen molar-refractivity contribution in [2.24, 2.45) is 5.73 Å². The van der Waals surface area contributed by atoms with Crippen molar-refractivity contribution in [2.45, 2.75) is 38.1 Å². The van der Waals surface area contributed by atoms with Gasteiger partial charge < -0.3 is 5.73 Å². The van der Waals surface area contributed by atoms with E-state index in [1.807, 2.05) is 12.3 Å². The molecule has 0 fully saturated rings. The van der Waals surface area contributed by atoms with Crippen LogP contribution in [0.5, 0.6) is 0 Å². The lowest BCUT2D eigenvalue weighted by atomic mass is 9.86. The summed E-state index contributed by atoms with van der Waals surface area (Å²) in [5.41, 5.74) is 8.57. The zero-order valence-corrected chi connectivity index (χ0v) is 8.25. The van der Waals surface area contributed by atoms with Crippen LogP contribution in [0.3, 0.4) is 0 Å². The number of fused-ring (bicyclic) bond motifs is 1. The van der Waals surface area contributed by atoms with Crippen LogP contribution in [0.1, 0.15) is 37.4 Å². The minimum absolute atomic E-state index is 0.139. The monoisotopic (exact) mass is 176 g/mol. The third kappa shape index (κ3) is 1.46. The first-order chi connectivity index (χ1) is 6.09. The molecule has 1 aromatic heterocycles. The number of pyridine rings is 1. The average Bonchev–Trinajstić information content (AvgIpc) is 2.45. The highest BCUT2D eigenvalue weighted by atomic mass is 14.8. The third-order valence-corrected chi connectivity index (χ3v) is 2.86. The highest BCUT2D eigenvalue weighted by Gasteiger charge is 2.33. The van der Waals surface area contributed by atoms with Crippen LogP contribution in [0.2, 0.25) is 0 Å². The third-order valence-electron chi connectivity index (χ3n) is 2.86. The van der Waals surface area contributed by atoms with Crippen LogP contribution < -0.4 is 5.73 Å². The van der Waals surface area contributed by atoms with Gasteiger partial charge in [0.1, 0.15) is 0 Å². The smallest absolute Gasteiger partial charge is 0.0484 e. The summed E-state index contributed by atoms with van der Waals surface area (Å²) in [6.45, 7) is 4.17. The summed E-state index contributed by atoms with van der Waals surface area (Å²) < 4.78 is 0. The Morgan fingerprint density at radius 1 is 1.54 bits per heavy atom. The second-order valence-electron chi connectivity index (χ2n) is 4.46. The predicted octanol–water partition coefficient (Wildman–Crippen LogP) is 1.85. The molecule has 1 aliphatic rings. The molecule has 2 heteroatoms. The topological polar surface area (TPSA) is 38.9 Å². The normalized spacial score (nSPS) is 21.6. The van der Waals surface area contributed by atoms with Crippen molar-refractivity contribution >= 4 is 0 Å². The first-order valence-electron chi connectivity index (χ1n) is 4.81. The number of nitrogens with zero attached hydrogens (tertiary/aromatic N) is 1. The fourth-order valence-electron chi connectivity index (χ4n) is 2.14. The van der Waals surface area contributed by atoms with Crippen molar-refractivity contribution in [2.75, 3.05) is 0 Å². The molecular weight excluding hydrogens is 160 g/mol. The summed E-state index contributed by atoms with van der Waals surface area (Å²) in [4.78, 5) is 4.43. The summed E-state index contributed by atoms with van der Waals surface area (Å²) in [5.74, 6) is 0.434. The van der Waals surface area contributed by atoms with Gasteiger partial charge in [-0.2, -0.15) is 0 Å². The van der Waals surface area contributed by atoms with Crippen molar-refractivity contribution in [3.63, 3.8) is 0 Å². The molecule has 1 unspecified atom stereocenters. The van der Waals surface area contributed by atoms with Crippen LogP contribution in [0.4, 0.5) is 0 Å². The van der Waals surface area contributed by atoms with Gasteiger partial charge in [0, 0.05) is 23.3 Å². The van der Waals surface area contributed by atoms with E-state index in [9.17, 15) is 0 Å². The van der Waals surface area contributed by atoms with E-state index in [1.54, 1.807) is 0 Å². The van der Waals surface area contributed by atoms with Gasteiger partial charge in [-0.25, -0.2) is 0 Å².